The molecule has 0 aliphatic carbocycles. The number of pyridine rings is 1. The van der Waals surface area contributed by atoms with Crippen molar-refractivity contribution in [2.75, 3.05) is 32.8 Å². The Hall–Kier alpha value is -2.96. The zero-order valence-corrected chi connectivity index (χ0v) is 19.0. The molecule has 0 saturated carbocycles. The van der Waals surface area contributed by atoms with E-state index >= 15 is 0 Å². The molecule has 6 nitrogen and oxygen atoms in total. The summed E-state index contributed by atoms with van der Waals surface area (Å²) in [6.45, 7) is 6.21. The standard InChI is InChI=1S/C25H26ClN3O3/c1-3-32-25(31)23(18-8-10-19(26)11-9-18)28-12-14-29(15-13-28)24(30)21-16-17(2)27-22-7-5-4-6-20(21)22/h4-11,16,23H,3,12-15H2,1-2H3/t23-/m1/s1. The van der Waals surface area contributed by atoms with E-state index in [0.29, 0.717) is 43.4 Å². The molecular weight excluding hydrogens is 426 g/mol. The van der Waals surface area contributed by atoms with Crippen LogP contribution in [0.3, 0.4) is 0 Å². The molecule has 1 amide bonds. The van der Waals surface area contributed by atoms with Gasteiger partial charge in [-0.2, -0.15) is 0 Å². The minimum atomic E-state index is -0.520. The van der Waals surface area contributed by atoms with Crippen molar-refractivity contribution in [2.24, 2.45) is 0 Å². The molecule has 1 aromatic heterocycles. The lowest BCUT2D eigenvalue weighted by Crippen LogP contribution is -2.51. The van der Waals surface area contributed by atoms with Gasteiger partial charge in [0, 0.05) is 42.3 Å². The fourth-order valence-corrected chi connectivity index (χ4v) is 4.33. The van der Waals surface area contributed by atoms with E-state index in [1.54, 1.807) is 19.1 Å². The first-order valence-corrected chi connectivity index (χ1v) is 11.2. The molecule has 0 bridgehead atoms. The Bertz CT molecular complexity index is 1120. The molecule has 0 spiro atoms. The van der Waals surface area contributed by atoms with Crippen molar-refractivity contribution >= 4 is 34.4 Å². The molecule has 0 N–H and O–H groups in total. The smallest absolute Gasteiger partial charge is 0.328 e. The van der Waals surface area contributed by atoms with Crippen molar-refractivity contribution in [3.63, 3.8) is 0 Å². The second-order valence-corrected chi connectivity index (χ2v) is 8.30. The van der Waals surface area contributed by atoms with Gasteiger partial charge < -0.3 is 9.64 Å². The minimum Gasteiger partial charge on any atom is -0.465 e. The molecule has 1 fully saturated rings. The number of ether oxygens (including phenoxy) is 1. The number of carbonyl (C=O) groups is 2. The summed E-state index contributed by atoms with van der Waals surface area (Å²) in [6.07, 6.45) is 0. The summed E-state index contributed by atoms with van der Waals surface area (Å²) in [5.74, 6) is -0.295. The van der Waals surface area contributed by atoms with E-state index in [1.807, 2.05) is 54.3 Å². The van der Waals surface area contributed by atoms with E-state index < -0.39 is 6.04 Å². The fourth-order valence-electron chi connectivity index (χ4n) is 4.20. The minimum absolute atomic E-state index is 0.00877. The van der Waals surface area contributed by atoms with E-state index in [0.717, 1.165) is 22.2 Å². The first kappa shape index (κ1) is 22.2. The molecule has 3 aromatic rings. The zero-order valence-electron chi connectivity index (χ0n) is 18.3. The van der Waals surface area contributed by atoms with Crippen LogP contribution in [0.15, 0.2) is 54.6 Å². The Kier molecular flexibility index (Phi) is 6.72. The Labute approximate surface area is 192 Å². The maximum Gasteiger partial charge on any atom is 0.328 e. The number of aryl methyl sites for hydroxylation is 1. The van der Waals surface area contributed by atoms with Crippen LogP contribution in [0.4, 0.5) is 0 Å². The summed E-state index contributed by atoms with van der Waals surface area (Å²) in [5, 5.41) is 1.47. The normalized spacial score (nSPS) is 15.5. The monoisotopic (exact) mass is 451 g/mol. The van der Waals surface area contributed by atoms with Crippen LogP contribution in [0.5, 0.6) is 0 Å². The molecule has 1 aliphatic heterocycles. The molecule has 166 valence electrons. The SMILES string of the molecule is CCOC(=O)[C@@H](c1ccc(Cl)cc1)N1CCN(C(=O)c2cc(C)nc3ccccc23)CC1. The van der Waals surface area contributed by atoms with Gasteiger partial charge in [-0.05, 0) is 43.7 Å². The molecule has 32 heavy (non-hydrogen) atoms. The highest BCUT2D eigenvalue weighted by Gasteiger charge is 2.33. The number of esters is 1. The Morgan fingerprint density at radius 2 is 1.75 bits per heavy atom. The van der Waals surface area contributed by atoms with Gasteiger partial charge in [0.15, 0.2) is 0 Å². The van der Waals surface area contributed by atoms with Gasteiger partial charge in [-0.1, -0.05) is 41.9 Å². The zero-order chi connectivity index (χ0) is 22.7. The number of carbonyl (C=O) groups excluding carboxylic acids is 2. The van der Waals surface area contributed by atoms with Gasteiger partial charge in [0.1, 0.15) is 6.04 Å². The van der Waals surface area contributed by atoms with Gasteiger partial charge >= 0.3 is 5.97 Å². The number of nitrogens with zero attached hydrogens (tertiary/aromatic N) is 3. The average molecular weight is 452 g/mol. The fraction of sp³-hybridized carbons (Fsp3) is 0.320. The molecule has 2 aromatic carbocycles. The number of fused-ring (bicyclic) bond motifs is 1. The van der Waals surface area contributed by atoms with Crippen LogP contribution in [0, 0.1) is 6.92 Å². The molecule has 4 rings (SSSR count). The molecular formula is C25H26ClN3O3. The first-order valence-electron chi connectivity index (χ1n) is 10.8. The van der Waals surface area contributed by atoms with Gasteiger partial charge in [0.25, 0.3) is 5.91 Å². The molecule has 1 atom stereocenters. The van der Waals surface area contributed by atoms with Gasteiger partial charge in [-0.25, -0.2) is 4.79 Å². The second kappa shape index (κ2) is 9.67. The Morgan fingerprint density at radius 3 is 2.44 bits per heavy atom. The number of hydrogen-bond donors (Lipinski definition) is 0. The number of para-hydroxylation sites is 1. The predicted octanol–water partition coefficient (Wildman–Crippen LogP) is 4.26. The lowest BCUT2D eigenvalue weighted by atomic mass is 10.0. The third-order valence-corrected chi connectivity index (χ3v) is 5.99. The van der Waals surface area contributed by atoms with Gasteiger partial charge in [-0.3, -0.25) is 14.7 Å². The second-order valence-electron chi connectivity index (χ2n) is 7.86. The number of piperazine rings is 1. The maximum atomic E-state index is 13.4. The molecule has 2 heterocycles. The molecule has 0 unspecified atom stereocenters. The van der Waals surface area contributed by atoms with Crippen LogP contribution in [0.1, 0.15) is 34.6 Å². The van der Waals surface area contributed by atoms with E-state index in [9.17, 15) is 9.59 Å². The van der Waals surface area contributed by atoms with E-state index in [4.69, 9.17) is 16.3 Å². The van der Waals surface area contributed by atoms with Crippen molar-refractivity contribution in [1.82, 2.24) is 14.8 Å². The number of hydrogen-bond acceptors (Lipinski definition) is 5. The number of aromatic nitrogens is 1. The van der Waals surface area contributed by atoms with Crippen molar-refractivity contribution in [3.8, 4) is 0 Å². The summed E-state index contributed by atoms with van der Waals surface area (Å²) in [6, 6.07) is 16.3. The van der Waals surface area contributed by atoms with Crippen LogP contribution in [-0.2, 0) is 9.53 Å². The topological polar surface area (TPSA) is 62.7 Å². The number of halogens is 1. The lowest BCUT2D eigenvalue weighted by Gasteiger charge is -2.38. The summed E-state index contributed by atoms with van der Waals surface area (Å²) in [5.41, 5.74) is 3.14. The summed E-state index contributed by atoms with van der Waals surface area (Å²) in [4.78, 5) is 34.6. The summed E-state index contributed by atoms with van der Waals surface area (Å²) < 4.78 is 5.35. The third-order valence-electron chi connectivity index (χ3n) is 5.74. The van der Waals surface area contributed by atoms with E-state index in [1.165, 1.54) is 0 Å². The highest BCUT2D eigenvalue weighted by Crippen LogP contribution is 2.26. The van der Waals surface area contributed by atoms with E-state index in [-0.39, 0.29) is 11.9 Å². The van der Waals surface area contributed by atoms with Gasteiger partial charge in [0.05, 0.1) is 17.7 Å². The summed E-state index contributed by atoms with van der Waals surface area (Å²) >= 11 is 6.03. The summed E-state index contributed by atoms with van der Waals surface area (Å²) in [7, 11) is 0. The molecule has 7 heteroatoms. The van der Waals surface area contributed by atoms with Gasteiger partial charge in [-0.15, -0.1) is 0 Å². The number of amides is 1. The Morgan fingerprint density at radius 1 is 1.06 bits per heavy atom. The highest BCUT2D eigenvalue weighted by molar-refractivity contribution is 6.30. The quantitative estimate of drug-likeness (QED) is 0.542. The highest BCUT2D eigenvalue weighted by atomic mass is 35.5. The van der Waals surface area contributed by atoms with Crippen molar-refractivity contribution < 1.29 is 14.3 Å². The maximum absolute atomic E-state index is 13.4. The van der Waals surface area contributed by atoms with Crippen LogP contribution >= 0.6 is 11.6 Å². The predicted molar refractivity (Wildman–Crippen MR) is 125 cm³/mol. The third kappa shape index (κ3) is 4.61. The van der Waals surface area contributed by atoms with Crippen LogP contribution in [0.25, 0.3) is 10.9 Å². The van der Waals surface area contributed by atoms with E-state index in [2.05, 4.69) is 9.88 Å². The average Bonchev–Trinajstić information content (AvgIpc) is 2.80. The largest absolute Gasteiger partial charge is 0.465 e. The van der Waals surface area contributed by atoms with Gasteiger partial charge in [0.2, 0.25) is 0 Å². The molecule has 1 aliphatic rings. The van der Waals surface area contributed by atoms with Crippen LogP contribution in [-0.4, -0.2) is 59.4 Å². The lowest BCUT2D eigenvalue weighted by molar-refractivity contribution is -0.150. The van der Waals surface area contributed by atoms with Crippen LogP contribution < -0.4 is 0 Å². The number of rotatable bonds is 5. The number of benzene rings is 2. The first-order chi connectivity index (χ1) is 15.5. The van der Waals surface area contributed by atoms with Crippen molar-refractivity contribution in [3.05, 3.63) is 76.4 Å². The van der Waals surface area contributed by atoms with Crippen molar-refractivity contribution in [2.45, 2.75) is 19.9 Å². The molecule has 0 radical (unpaired) electrons. The molecule has 1 saturated heterocycles. The van der Waals surface area contributed by atoms with Crippen LogP contribution in [0.2, 0.25) is 5.02 Å². The Balaban J connectivity index is 1.53. The van der Waals surface area contributed by atoms with Crippen molar-refractivity contribution in [1.29, 1.82) is 0 Å².